The number of nitrogens with zero attached hydrogens (tertiary/aromatic N) is 2. The fraction of sp³-hybridized carbons (Fsp3) is 0.0526. The maximum Gasteiger partial charge on any atom is 0.175 e. The van der Waals surface area contributed by atoms with E-state index in [1.165, 1.54) is 11.1 Å². The van der Waals surface area contributed by atoms with Gasteiger partial charge in [-0.15, -0.1) is 4.91 Å². The minimum atomic E-state index is -0.00637. The average molecular weight is 303 g/mol. The summed E-state index contributed by atoms with van der Waals surface area (Å²) in [6, 6.07) is 20.6. The second kappa shape index (κ2) is 6.75. The largest absolute Gasteiger partial charge is 0.380 e. The third-order valence-corrected chi connectivity index (χ3v) is 3.78. The molecule has 0 radical (unpaired) electrons. The predicted octanol–water partition coefficient (Wildman–Crippen LogP) is 4.06. The zero-order chi connectivity index (χ0) is 16.1. The molecule has 4 heteroatoms. The molecular weight excluding hydrogens is 286 g/mol. The molecule has 0 saturated heterocycles. The van der Waals surface area contributed by atoms with Crippen molar-refractivity contribution in [1.82, 2.24) is 4.90 Å². The maximum absolute atomic E-state index is 10.5. The molecule has 0 fully saturated rings. The molecule has 2 aromatic carbocycles. The summed E-state index contributed by atoms with van der Waals surface area (Å²) in [7, 11) is 0. The van der Waals surface area contributed by atoms with Gasteiger partial charge in [0, 0.05) is 18.0 Å². The Morgan fingerprint density at radius 2 is 1.35 bits per heavy atom. The van der Waals surface area contributed by atoms with E-state index in [0.29, 0.717) is 5.57 Å². The Morgan fingerprint density at radius 3 is 1.78 bits per heavy atom. The first-order chi connectivity index (χ1) is 11.3. The van der Waals surface area contributed by atoms with Gasteiger partial charge in [-0.05, 0) is 28.5 Å². The second-order valence-electron chi connectivity index (χ2n) is 5.23. The van der Waals surface area contributed by atoms with Crippen LogP contribution in [0.4, 0.5) is 0 Å². The molecule has 3 rings (SSSR count). The van der Waals surface area contributed by atoms with Gasteiger partial charge in [-0.25, -0.2) is 0 Å². The highest BCUT2D eigenvalue weighted by Crippen LogP contribution is 2.31. The van der Waals surface area contributed by atoms with E-state index in [-0.39, 0.29) is 11.9 Å². The molecule has 2 aromatic rings. The van der Waals surface area contributed by atoms with Crippen LogP contribution in [0.3, 0.4) is 0 Å². The highest BCUT2D eigenvalue weighted by Gasteiger charge is 2.19. The summed E-state index contributed by atoms with van der Waals surface area (Å²) in [5, 5.41) is 2.78. The Morgan fingerprint density at radius 1 is 0.870 bits per heavy atom. The predicted molar refractivity (Wildman–Crippen MR) is 91.9 cm³/mol. The molecule has 0 atom stereocenters. The van der Waals surface area contributed by atoms with E-state index < -0.39 is 0 Å². The minimum absolute atomic E-state index is 0.00637. The zero-order valence-electron chi connectivity index (χ0n) is 12.5. The smallest absolute Gasteiger partial charge is 0.175 e. The summed E-state index contributed by atoms with van der Waals surface area (Å²) in [5.74, 6) is -0.00637. The highest BCUT2D eigenvalue weighted by atomic mass is 16.3. The van der Waals surface area contributed by atoms with Gasteiger partial charge in [0.1, 0.15) is 0 Å². The van der Waals surface area contributed by atoms with Gasteiger partial charge in [0.2, 0.25) is 0 Å². The molecule has 0 spiro atoms. The van der Waals surface area contributed by atoms with E-state index in [2.05, 4.69) is 34.3 Å². The van der Waals surface area contributed by atoms with Crippen molar-refractivity contribution in [3.63, 3.8) is 0 Å². The van der Waals surface area contributed by atoms with Gasteiger partial charge in [0.15, 0.2) is 5.82 Å². The lowest BCUT2D eigenvalue weighted by Gasteiger charge is -2.30. The number of hydrogen-bond donors (Lipinski definition) is 1. The third kappa shape index (κ3) is 3.21. The summed E-state index contributed by atoms with van der Waals surface area (Å²) in [5.41, 5.74) is 8.56. The Bertz CT molecular complexity index is 708. The SMILES string of the molecule is NC(N=O)=C1C=CN(C(c2ccccc2)c2ccccc2)C=C1. The van der Waals surface area contributed by atoms with Gasteiger partial charge in [0.25, 0.3) is 0 Å². The second-order valence-corrected chi connectivity index (χ2v) is 5.23. The maximum atomic E-state index is 10.5. The molecule has 114 valence electrons. The van der Waals surface area contributed by atoms with Gasteiger partial charge < -0.3 is 10.6 Å². The Labute approximate surface area is 135 Å². The normalized spacial score (nSPS) is 13.4. The number of allylic oxidation sites excluding steroid dienone is 3. The van der Waals surface area contributed by atoms with E-state index in [4.69, 9.17) is 5.73 Å². The van der Waals surface area contributed by atoms with E-state index >= 15 is 0 Å². The van der Waals surface area contributed by atoms with Crippen molar-refractivity contribution in [2.75, 3.05) is 0 Å². The van der Waals surface area contributed by atoms with Crippen LogP contribution >= 0.6 is 0 Å². The fourth-order valence-corrected chi connectivity index (χ4v) is 2.64. The summed E-state index contributed by atoms with van der Waals surface area (Å²) in [4.78, 5) is 12.6. The van der Waals surface area contributed by atoms with Crippen molar-refractivity contribution >= 4 is 0 Å². The molecule has 0 unspecified atom stereocenters. The topological polar surface area (TPSA) is 58.7 Å². The number of rotatable bonds is 4. The molecule has 4 nitrogen and oxygen atoms in total. The molecule has 23 heavy (non-hydrogen) atoms. The monoisotopic (exact) mass is 303 g/mol. The number of hydrogen-bond acceptors (Lipinski definition) is 4. The quantitative estimate of drug-likeness (QED) is 0.867. The van der Waals surface area contributed by atoms with Gasteiger partial charge in [-0.2, -0.15) is 0 Å². The number of nitrogens with two attached hydrogens (primary N) is 1. The standard InChI is InChI=1S/C19H17N3O/c20-19(21-23)17-11-13-22(14-12-17)18(15-7-3-1-4-8-15)16-9-5-2-6-10-16/h1-14,18H,20H2. The first-order valence-electron chi connectivity index (χ1n) is 7.36. The molecule has 1 heterocycles. The highest BCUT2D eigenvalue weighted by molar-refractivity contribution is 5.40. The molecule has 0 bridgehead atoms. The minimum Gasteiger partial charge on any atom is -0.380 e. The van der Waals surface area contributed by atoms with Crippen LogP contribution in [-0.4, -0.2) is 4.90 Å². The van der Waals surface area contributed by atoms with Gasteiger partial charge in [-0.1, -0.05) is 60.7 Å². The Balaban J connectivity index is 1.99. The number of nitroso groups, excluding NO2 is 1. The molecule has 0 saturated carbocycles. The lowest BCUT2D eigenvalue weighted by molar-refractivity contribution is 0.424. The summed E-state index contributed by atoms with van der Waals surface area (Å²) in [6.07, 6.45) is 7.43. The van der Waals surface area contributed by atoms with Crippen molar-refractivity contribution in [2.24, 2.45) is 10.9 Å². The van der Waals surface area contributed by atoms with Crippen molar-refractivity contribution in [3.05, 3.63) is 113 Å². The molecule has 0 amide bonds. The zero-order valence-corrected chi connectivity index (χ0v) is 12.5. The van der Waals surface area contributed by atoms with Crippen LogP contribution in [0.1, 0.15) is 17.2 Å². The Kier molecular flexibility index (Phi) is 4.34. The Hall–Kier alpha value is -3.14. The van der Waals surface area contributed by atoms with Gasteiger partial charge >= 0.3 is 0 Å². The van der Waals surface area contributed by atoms with Crippen LogP contribution in [0.25, 0.3) is 0 Å². The van der Waals surface area contributed by atoms with E-state index in [9.17, 15) is 4.91 Å². The third-order valence-electron chi connectivity index (χ3n) is 3.78. The van der Waals surface area contributed by atoms with Crippen molar-refractivity contribution < 1.29 is 0 Å². The van der Waals surface area contributed by atoms with Gasteiger partial charge in [0.05, 0.1) is 6.04 Å². The first-order valence-corrected chi connectivity index (χ1v) is 7.36. The van der Waals surface area contributed by atoms with Crippen molar-refractivity contribution in [3.8, 4) is 0 Å². The van der Waals surface area contributed by atoms with E-state index in [1.807, 2.05) is 48.8 Å². The van der Waals surface area contributed by atoms with Crippen LogP contribution in [0.15, 0.2) is 102 Å². The molecule has 1 aliphatic heterocycles. The van der Waals surface area contributed by atoms with Crippen LogP contribution in [-0.2, 0) is 0 Å². The van der Waals surface area contributed by atoms with Crippen LogP contribution in [0.5, 0.6) is 0 Å². The van der Waals surface area contributed by atoms with Crippen molar-refractivity contribution in [1.29, 1.82) is 0 Å². The lowest BCUT2D eigenvalue weighted by Crippen LogP contribution is -2.21. The van der Waals surface area contributed by atoms with Crippen LogP contribution in [0.2, 0.25) is 0 Å². The summed E-state index contributed by atoms with van der Waals surface area (Å²) >= 11 is 0. The molecule has 0 aliphatic carbocycles. The molecule has 2 N–H and O–H groups in total. The first kappa shape index (κ1) is 14.8. The van der Waals surface area contributed by atoms with Crippen LogP contribution in [0, 0.1) is 4.91 Å². The van der Waals surface area contributed by atoms with Gasteiger partial charge in [-0.3, -0.25) is 0 Å². The molecule has 1 aliphatic rings. The summed E-state index contributed by atoms with van der Waals surface area (Å²) in [6.45, 7) is 0. The lowest BCUT2D eigenvalue weighted by atomic mass is 9.97. The fourth-order valence-electron chi connectivity index (χ4n) is 2.64. The summed E-state index contributed by atoms with van der Waals surface area (Å²) < 4.78 is 0. The molecular formula is C19H17N3O. The van der Waals surface area contributed by atoms with E-state index in [0.717, 1.165) is 0 Å². The average Bonchev–Trinajstić information content (AvgIpc) is 2.64. The molecule has 0 aromatic heterocycles. The van der Waals surface area contributed by atoms with Crippen molar-refractivity contribution in [2.45, 2.75) is 6.04 Å². The van der Waals surface area contributed by atoms with Crippen LogP contribution < -0.4 is 5.73 Å². The number of benzene rings is 2. The van der Waals surface area contributed by atoms with E-state index in [1.54, 1.807) is 12.2 Å².